The zero-order chi connectivity index (χ0) is 26.8. The van der Waals surface area contributed by atoms with Crippen molar-refractivity contribution in [1.82, 2.24) is 0 Å². The molecule has 0 N–H and O–H groups in total. The molecule has 1 rings (SSSR count). The van der Waals surface area contributed by atoms with E-state index in [1.54, 1.807) is 0 Å². The third-order valence-corrected chi connectivity index (χ3v) is 4.80. The monoisotopic (exact) mass is 512 g/mol. The second-order valence-electron chi connectivity index (χ2n) is 7.05. The van der Waals surface area contributed by atoms with Crippen molar-refractivity contribution in [2.45, 2.75) is 47.7 Å². The standard InChI is InChI=1S/C19H17F9O6/c1-4-11(29)32-15(23)7-14(22,9-20)18(25,26)16(10-21,33-12(30)5-2)19(27,28)17(24,8-15)34-13(31)6-3/h4-6H,1-3,7-10H2. The quantitative estimate of drug-likeness (QED) is 0.212. The van der Waals surface area contributed by atoms with Crippen LogP contribution in [0.25, 0.3) is 0 Å². The Morgan fingerprint density at radius 1 is 0.676 bits per heavy atom. The molecule has 34 heavy (non-hydrogen) atoms. The summed E-state index contributed by atoms with van der Waals surface area (Å²) in [5.74, 6) is -29.1. The maximum atomic E-state index is 15.6. The van der Waals surface area contributed by atoms with Crippen LogP contribution in [0.2, 0.25) is 0 Å². The molecule has 1 saturated carbocycles. The van der Waals surface area contributed by atoms with Gasteiger partial charge in [-0.1, -0.05) is 19.7 Å². The highest BCUT2D eigenvalue weighted by molar-refractivity contribution is 5.83. The van der Waals surface area contributed by atoms with Gasteiger partial charge in [0.2, 0.25) is 5.67 Å². The maximum absolute atomic E-state index is 15.6. The third-order valence-electron chi connectivity index (χ3n) is 4.80. The van der Waals surface area contributed by atoms with Gasteiger partial charge in [-0.15, -0.1) is 0 Å². The van der Waals surface area contributed by atoms with Gasteiger partial charge in [-0.3, -0.25) is 0 Å². The Hall–Kier alpha value is -3.00. The smallest absolute Gasteiger partial charge is 0.364 e. The van der Waals surface area contributed by atoms with Crippen LogP contribution in [0.4, 0.5) is 39.5 Å². The van der Waals surface area contributed by atoms with Gasteiger partial charge in [-0.05, 0) is 0 Å². The number of hydrogen-bond donors (Lipinski definition) is 0. The molecule has 0 saturated heterocycles. The van der Waals surface area contributed by atoms with Gasteiger partial charge in [-0.25, -0.2) is 27.6 Å². The van der Waals surface area contributed by atoms with Crippen LogP contribution in [0.15, 0.2) is 38.0 Å². The van der Waals surface area contributed by atoms with Gasteiger partial charge in [0.25, 0.3) is 11.5 Å². The van der Waals surface area contributed by atoms with Crippen molar-refractivity contribution < 1.29 is 68.1 Å². The zero-order valence-corrected chi connectivity index (χ0v) is 17.0. The summed E-state index contributed by atoms with van der Waals surface area (Å²) in [6, 6.07) is 0. The Labute approximate surface area is 186 Å². The number of carbonyl (C=O) groups excluding carboxylic acids is 3. The Morgan fingerprint density at radius 2 is 1.12 bits per heavy atom. The lowest BCUT2D eigenvalue weighted by atomic mass is 9.70. The topological polar surface area (TPSA) is 78.9 Å². The minimum absolute atomic E-state index is 0.00211. The molecule has 1 aliphatic rings. The Bertz CT molecular complexity index is 880. The predicted octanol–water partition coefficient (Wildman–Crippen LogP) is 3.96. The molecule has 0 amide bonds. The van der Waals surface area contributed by atoms with Gasteiger partial charge in [0.05, 0.1) is 12.8 Å². The third kappa shape index (κ3) is 4.39. The van der Waals surface area contributed by atoms with E-state index in [0.29, 0.717) is 0 Å². The maximum Gasteiger partial charge on any atom is 0.364 e. The van der Waals surface area contributed by atoms with Crippen LogP contribution in [0.5, 0.6) is 0 Å². The first kappa shape index (κ1) is 29.0. The van der Waals surface area contributed by atoms with Gasteiger partial charge in [0, 0.05) is 18.2 Å². The zero-order valence-electron chi connectivity index (χ0n) is 17.0. The number of carbonyl (C=O) groups is 3. The Balaban J connectivity index is 4.12. The van der Waals surface area contributed by atoms with Crippen LogP contribution < -0.4 is 0 Å². The lowest BCUT2D eigenvalue weighted by Gasteiger charge is -2.52. The van der Waals surface area contributed by atoms with E-state index in [9.17, 15) is 23.2 Å². The summed E-state index contributed by atoms with van der Waals surface area (Å²) < 4.78 is 146. The van der Waals surface area contributed by atoms with Crippen molar-refractivity contribution in [1.29, 1.82) is 0 Å². The lowest BCUT2D eigenvalue weighted by Crippen LogP contribution is -2.79. The van der Waals surface area contributed by atoms with Gasteiger partial charge in [-0.2, -0.15) is 26.3 Å². The predicted molar refractivity (Wildman–Crippen MR) is 94.2 cm³/mol. The summed E-state index contributed by atoms with van der Waals surface area (Å²) in [6.07, 6.45) is -5.51. The van der Waals surface area contributed by atoms with E-state index >= 15 is 30.7 Å². The van der Waals surface area contributed by atoms with Crippen molar-refractivity contribution >= 4 is 17.9 Å². The van der Waals surface area contributed by atoms with E-state index in [4.69, 9.17) is 0 Å². The summed E-state index contributed by atoms with van der Waals surface area (Å²) in [5, 5.41) is 0. The molecule has 0 aromatic carbocycles. The summed E-state index contributed by atoms with van der Waals surface area (Å²) in [7, 11) is 0. The number of halogens is 9. The minimum atomic E-state index is -6.37. The fourth-order valence-electron chi connectivity index (χ4n) is 3.17. The van der Waals surface area contributed by atoms with E-state index in [-0.39, 0.29) is 18.2 Å². The van der Waals surface area contributed by atoms with E-state index in [2.05, 4.69) is 33.9 Å². The number of esters is 3. The summed E-state index contributed by atoms with van der Waals surface area (Å²) >= 11 is 0. The van der Waals surface area contributed by atoms with Gasteiger partial charge in [0.1, 0.15) is 13.3 Å². The SMILES string of the molecule is C=CC(=O)OC1(F)CC(F)(CF)C(F)(F)C(CF)(OC(=O)C=C)C(F)(F)C(F)(OC(=O)C=C)C1. The highest BCUT2D eigenvalue weighted by Gasteiger charge is 2.88. The lowest BCUT2D eigenvalue weighted by molar-refractivity contribution is -0.410. The van der Waals surface area contributed by atoms with E-state index in [1.165, 1.54) is 0 Å². The van der Waals surface area contributed by atoms with Crippen molar-refractivity contribution in [3.8, 4) is 0 Å². The van der Waals surface area contributed by atoms with Gasteiger partial charge >= 0.3 is 35.6 Å². The second-order valence-corrected chi connectivity index (χ2v) is 7.05. The molecular weight excluding hydrogens is 495 g/mol. The second kappa shape index (κ2) is 9.33. The fraction of sp³-hybridized carbons (Fsp3) is 0.526. The molecule has 15 heteroatoms. The van der Waals surface area contributed by atoms with Gasteiger partial charge in [0.15, 0.2) is 0 Å². The summed E-state index contributed by atoms with van der Waals surface area (Å²) in [6.45, 7) is 1.82. The number of ether oxygens (including phenoxy) is 3. The van der Waals surface area contributed by atoms with Crippen LogP contribution in [-0.2, 0) is 28.6 Å². The minimum Gasteiger partial charge on any atom is -0.440 e. The molecule has 0 spiro atoms. The molecule has 1 fully saturated rings. The number of alkyl halides is 9. The molecule has 0 aromatic heterocycles. The van der Waals surface area contributed by atoms with Crippen LogP contribution in [0, 0.1) is 0 Å². The molecule has 0 radical (unpaired) electrons. The van der Waals surface area contributed by atoms with E-state index in [0.717, 1.165) is 0 Å². The molecule has 0 bridgehead atoms. The first-order chi connectivity index (χ1) is 15.4. The van der Waals surface area contributed by atoms with Crippen LogP contribution >= 0.6 is 0 Å². The Kier molecular flexibility index (Phi) is 7.97. The fourth-order valence-corrected chi connectivity index (χ4v) is 3.17. The normalized spacial score (nSPS) is 34.5. The number of hydrogen-bond acceptors (Lipinski definition) is 6. The molecule has 0 aliphatic heterocycles. The highest BCUT2D eigenvalue weighted by atomic mass is 19.3. The molecule has 192 valence electrons. The van der Waals surface area contributed by atoms with Crippen LogP contribution in [-0.4, -0.2) is 66.1 Å². The van der Waals surface area contributed by atoms with Crippen molar-refractivity contribution in [3.63, 3.8) is 0 Å². The number of rotatable bonds is 8. The summed E-state index contributed by atoms with van der Waals surface area (Å²) in [4.78, 5) is 34.4. The van der Waals surface area contributed by atoms with Crippen molar-refractivity contribution in [2.24, 2.45) is 0 Å². The molecular formula is C19H17F9O6. The van der Waals surface area contributed by atoms with Crippen molar-refractivity contribution in [3.05, 3.63) is 38.0 Å². The van der Waals surface area contributed by atoms with Crippen molar-refractivity contribution in [2.75, 3.05) is 13.3 Å². The summed E-state index contributed by atoms with van der Waals surface area (Å²) in [5.41, 5.74) is -10.8. The molecule has 1 aliphatic carbocycles. The molecule has 0 aromatic rings. The largest absolute Gasteiger partial charge is 0.440 e. The van der Waals surface area contributed by atoms with E-state index < -0.39 is 78.9 Å². The molecule has 4 unspecified atom stereocenters. The average Bonchev–Trinajstić information content (AvgIpc) is 2.75. The van der Waals surface area contributed by atoms with E-state index in [1.807, 2.05) is 0 Å². The van der Waals surface area contributed by atoms with Crippen LogP contribution in [0.3, 0.4) is 0 Å². The molecule has 4 atom stereocenters. The first-order valence-electron chi connectivity index (χ1n) is 8.91. The van der Waals surface area contributed by atoms with Gasteiger partial charge < -0.3 is 14.2 Å². The molecule has 6 nitrogen and oxygen atoms in total. The highest BCUT2D eigenvalue weighted by Crippen LogP contribution is 2.61. The average molecular weight is 512 g/mol. The Morgan fingerprint density at radius 3 is 1.53 bits per heavy atom. The molecule has 0 heterocycles. The van der Waals surface area contributed by atoms with Crippen LogP contribution in [0.1, 0.15) is 12.8 Å². The first-order valence-corrected chi connectivity index (χ1v) is 8.91.